The predicted octanol–water partition coefficient (Wildman–Crippen LogP) is 6.50. The molecule has 0 aliphatic heterocycles. The Bertz CT molecular complexity index is 1220. The fourth-order valence-corrected chi connectivity index (χ4v) is 3.21. The lowest BCUT2D eigenvalue weighted by Crippen LogP contribution is -2.31. The Hall–Kier alpha value is -4.27. The van der Waals surface area contributed by atoms with Crippen molar-refractivity contribution in [2.75, 3.05) is 23.9 Å². The summed E-state index contributed by atoms with van der Waals surface area (Å²) in [6.45, 7) is 1.94. The summed E-state index contributed by atoms with van der Waals surface area (Å²) < 4.78 is 43.3. The van der Waals surface area contributed by atoms with Crippen LogP contribution in [0.3, 0.4) is 0 Å². The van der Waals surface area contributed by atoms with Gasteiger partial charge in [0.1, 0.15) is 0 Å². The van der Waals surface area contributed by atoms with Gasteiger partial charge in [-0.25, -0.2) is 9.59 Å². The van der Waals surface area contributed by atoms with Crippen molar-refractivity contribution in [3.63, 3.8) is 0 Å². The van der Waals surface area contributed by atoms with Crippen LogP contribution >= 0.6 is 0 Å². The van der Waals surface area contributed by atoms with E-state index in [0.717, 1.165) is 23.3 Å². The Kier molecular flexibility index (Phi) is 7.80. The summed E-state index contributed by atoms with van der Waals surface area (Å²) in [5.41, 5.74) is 2.33. The Morgan fingerprint density at radius 2 is 1.66 bits per heavy atom. The largest absolute Gasteiger partial charge is 0.487 e. The summed E-state index contributed by atoms with van der Waals surface area (Å²) in [7, 11) is 1.55. The zero-order valence-electron chi connectivity index (χ0n) is 19.0. The highest BCUT2D eigenvalue weighted by Crippen LogP contribution is 2.30. The van der Waals surface area contributed by atoms with Gasteiger partial charge < -0.3 is 15.2 Å². The maximum Gasteiger partial charge on any atom is 0.416 e. The molecule has 2 amide bonds. The lowest BCUT2D eigenvalue weighted by Gasteiger charge is -2.19. The fraction of sp³-hybridized carbons (Fsp3) is 0.154. The van der Waals surface area contributed by atoms with E-state index in [1.807, 2.05) is 18.2 Å². The number of alkyl halides is 3. The number of aliphatic carboxylic acids is 1. The summed E-state index contributed by atoms with van der Waals surface area (Å²) in [5.74, 6) is -1.30. The molecule has 0 saturated heterocycles. The number of amides is 2. The average molecular weight is 484 g/mol. The molecule has 0 saturated carbocycles. The Morgan fingerprint density at radius 3 is 2.23 bits per heavy atom. The van der Waals surface area contributed by atoms with Gasteiger partial charge >= 0.3 is 18.2 Å². The molecule has 0 bridgehead atoms. The fourth-order valence-electron chi connectivity index (χ4n) is 3.21. The molecule has 6 nitrogen and oxygen atoms in total. The number of anilines is 2. The Balaban J connectivity index is 1.74. The van der Waals surface area contributed by atoms with Crippen LogP contribution in [0.5, 0.6) is 0 Å². The summed E-state index contributed by atoms with van der Waals surface area (Å²) in [5, 5.41) is 11.8. The standard InChI is InChI=1S/C26H23F3N2O4/c1-3-35-23(24(32)33)15-17-7-9-18(10-8-17)19-5-4-6-22(16-19)31(2)25(34)30-21-13-11-20(12-14-21)26(27,28)29/h4-16H,3H2,1-2H3,(H,30,34)(H,32,33). The van der Waals surface area contributed by atoms with Gasteiger partial charge in [0.2, 0.25) is 5.76 Å². The number of carboxylic acid groups (broad SMARTS) is 1. The van der Waals surface area contributed by atoms with E-state index in [-0.39, 0.29) is 18.1 Å². The first-order valence-corrected chi connectivity index (χ1v) is 10.6. The molecule has 0 aliphatic carbocycles. The Labute approximate surface area is 200 Å². The normalized spacial score (nSPS) is 11.6. The molecule has 0 spiro atoms. The number of urea groups is 1. The highest BCUT2D eigenvalue weighted by atomic mass is 19.4. The van der Waals surface area contributed by atoms with Crippen LogP contribution in [-0.2, 0) is 15.7 Å². The molecule has 0 fully saturated rings. The zero-order valence-corrected chi connectivity index (χ0v) is 19.0. The average Bonchev–Trinajstić information content (AvgIpc) is 2.83. The van der Waals surface area contributed by atoms with Gasteiger partial charge in [0.05, 0.1) is 12.2 Å². The molecule has 0 atom stereocenters. The number of rotatable bonds is 7. The third kappa shape index (κ3) is 6.63. The van der Waals surface area contributed by atoms with Crippen molar-refractivity contribution in [3.05, 3.63) is 89.7 Å². The second kappa shape index (κ2) is 10.8. The number of ether oxygens (including phenoxy) is 1. The first-order valence-electron chi connectivity index (χ1n) is 10.6. The molecule has 0 aromatic heterocycles. The van der Waals surface area contributed by atoms with Crippen LogP contribution < -0.4 is 10.2 Å². The maximum atomic E-state index is 12.7. The minimum atomic E-state index is -4.45. The van der Waals surface area contributed by atoms with Crippen LogP contribution in [0, 0.1) is 0 Å². The van der Waals surface area contributed by atoms with E-state index in [4.69, 9.17) is 4.74 Å². The molecule has 3 aromatic carbocycles. The molecule has 3 aromatic rings. The SMILES string of the molecule is CCOC(=Cc1ccc(-c2cccc(N(C)C(=O)Nc3ccc(C(F)(F)F)cc3)c2)cc1)C(=O)O. The summed E-state index contributed by atoms with van der Waals surface area (Å²) in [6, 6.07) is 18.0. The number of halogens is 3. The molecule has 3 rings (SSSR count). The van der Waals surface area contributed by atoms with Crippen LogP contribution in [-0.4, -0.2) is 30.8 Å². The van der Waals surface area contributed by atoms with Crippen molar-refractivity contribution in [2.45, 2.75) is 13.1 Å². The van der Waals surface area contributed by atoms with E-state index in [2.05, 4.69) is 5.32 Å². The molecule has 2 N–H and O–H groups in total. The van der Waals surface area contributed by atoms with Crippen LogP contribution in [0.1, 0.15) is 18.1 Å². The first kappa shape index (κ1) is 25.4. The van der Waals surface area contributed by atoms with Crippen molar-refractivity contribution in [3.8, 4) is 11.1 Å². The summed E-state index contributed by atoms with van der Waals surface area (Å²) in [4.78, 5) is 25.2. The second-order valence-electron chi connectivity index (χ2n) is 7.48. The number of carbonyl (C=O) groups excluding carboxylic acids is 1. The third-order valence-corrected chi connectivity index (χ3v) is 5.05. The smallest absolute Gasteiger partial charge is 0.416 e. The molecule has 9 heteroatoms. The van der Waals surface area contributed by atoms with E-state index in [0.29, 0.717) is 11.3 Å². The molecule has 0 unspecified atom stereocenters. The minimum Gasteiger partial charge on any atom is -0.487 e. The van der Waals surface area contributed by atoms with E-state index < -0.39 is 23.7 Å². The quantitative estimate of drug-likeness (QED) is 0.296. The van der Waals surface area contributed by atoms with Gasteiger partial charge in [-0.15, -0.1) is 0 Å². The van der Waals surface area contributed by atoms with Gasteiger partial charge in [-0.1, -0.05) is 36.4 Å². The molecular weight excluding hydrogens is 461 g/mol. The maximum absolute atomic E-state index is 12.7. The molecule has 0 heterocycles. The topological polar surface area (TPSA) is 78.9 Å². The van der Waals surface area contributed by atoms with Crippen LogP contribution in [0.15, 0.2) is 78.6 Å². The van der Waals surface area contributed by atoms with Gasteiger partial charge in [0.25, 0.3) is 0 Å². The molecule has 182 valence electrons. The molecular formula is C26H23F3N2O4. The lowest BCUT2D eigenvalue weighted by atomic mass is 10.0. The Morgan fingerprint density at radius 1 is 1.00 bits per heavy atom. The molecule has 35 heavy (non-hydrogen) atoms. The summed E-state index contributed by atoms with van der Waals surface area (Å²) in [6.07, 6.45) is -3.01. The van der Waals surface area contributed by atoms with E-state index in [1.54, 1.807) is 44.3 Å². The number of carboxylic acids is 1. The van der Waals surface area contributed by atoms with Crippen LogP contribution in [0.2, 0.25) is 0 Å². The van der Waals surface area contributed by atoms with Gasteiger partial charge in [0.15, 0.2) is 0 Å². The number of nitrogens with one attached hydrogen (secondary N) is 1. The molecule has 0 aliphatic rings. The van der Waals surface area contributed by atoms with Crippen molar-refractivity contribution in [1.82, 2.24) is 0 Å². The summed E-state index contributed by atoms with van der Waals surface area (Å²) >= 11 is 0. The highest BCUT2D eigenvalue weighted by molar-refractivity contribution is 6.01. The predicted molar refractivity (Wildman–Crippen MR) is 128 cm³/mol. The van der Waals surface area contributed by atoms with E-state index in [9.17, 15) is 27.9 Å². The van der Waals surface area contributed by atoms with Crippen molar-refractivity contribution in [1.29, 1.82) is 0 Å². The van der Waals surface area contributed by atoms with Gasteiger partial charge in [-0.2, -0.15) is 13.2 Å². The van der Waals surface area contributed by atoms with E-state index >= 15 is 0 Å². The van der Waals surface area contributed by atoms with Crippen molar-refractivity contribution in [2.24, 2.45) is 0 Å². The lowest BCUT2D eigenvalue weighted by molar-refractivity contribution is -0.138. The number of benzene rings is 3. The van der Waals surface area contributed by atoms with Crippen molar-refractivity contribution >= 4 is 29.5 Å². The number of hydrogen-bond acceptors (Lipinski definition) is 3. The first-order chi connectivity index (χ1) is 16.6. The zero-order chi connectivity index (χ0) is 25.6. The van der Waals surface area contributed by atoms with E-state index in [1.165, 1.54) is 23.1 Å². The molecule has 0 radical (unpaired) electrons. The second-order valence-corrected chi connectivity index (χ2v) is 7.48. The van der Waals surface area contributed by atoms with Gasteiger partial charge in [-0.3, -0.25) is 4.90 Å². The number of hydrogen-bond donors (Lipinski definition) is 2. The third-order valence-electron chi connectivity index (χ3n) is 5.05. The van der Waals surface area contributed by atoms with Crippen LogP contribution in [0.25, 0.3) is 17.2 Å². The number of carbonyl (C=O) groups is 2. The van der Waals surface area contributed by atoms with Crippen LogP contribution in [0.4, 0.5) is 29.3 Å². The number of nitrogens with zero attached hydrogens (tertiary/aromatic N) is 1. The highest BCUT2D eigenvalue weighted by Gasteiger charge is 2.30. The minimum absolute atomic E-state index is 0.150. The van der Waals surface area contributed by atoms with Gasteiger partial charge in [-0.05, 0) is 66.1 Å². The van der Waals surface area contributed by atoms with Crippen molar-refractivity contribution < 1.29 is 32.6 Å². The monoisotopic (exact) mass is 484 g/mol. The van der Waals surface area contributed by atoms with Gasteiger partial charge in [0, 0.05) is 18.4 Å².